The molecule has 23 heavy (non-hydrogen) atoms. The lowest BCUT2D eigenvalue weighted by Crippen LogP contribution is -2.27. The van der Waals surface area contributed by atoms with Gasteiger partial charge in [0.05, 0.1) is 6.20 Å². The fourth-order valence-electron chi connectivity index (χ4n) is 2.44. The van der Waals surface area contributed by atoms with Gasteiger partial charge in [0, 0.05) is 25.9 Å². The Bertz CT molecular complexity index is 828. The van der Waals surface area contributed by atoms with E-state index in [-0.39, 0.29) is 11.9 Å². The molecule has 0 aliphatic carbocycles. The van der Waals surface area contributed by atoms with E-state index in [9.17, 15) is 4.79 Å². The molecular weight excluding hydrogens is 296 g/mol. The van der Waals surface area contributed by atoms with Crippen LogP contribution in [0, 0.1) is 5.92 Å². The average molecular weight is 316 g/mol. The number of carbonyl (C=O) groups is 1. The number of carbonyl (C=O) groups excluding carboxylic acids is 1. The second-order valence-electron chi connectivity index (χ2n) is 6.08. The summed E-state index contributed by atoms with van der Waals surface area (Å²) in [6.45, 7) is 6.00. The third-order valence-electron chi connectivity index (χ3n) is 3.57. The van der Waals surface area contributed by atoms with Crippen molar-refractivity contribution in [2.45, 2.75) is 33.2 Å². The van der Waals surface area contributed by atoms with Gasteiger partial charge in [-0.25, -0.2) is 4.52 Å². The van der Waals surface area contributed by atoms with Crippen molar-refractivity contribution in [2.75, 3.05) is 0 Å². The number of hydrogen-bond acceptors (Lipinski definition) is 5. The van der Waals surface area contributed by atoms with E-state index in [1.54, 1.807) is 16.9 Å². The summed E-state index contributed by atoms with van der Waals surface area (Å²) in [4.78, 5) is 16.8. The molecule has 0 bridgehead atoms. The van der Waals surface area contributed by atoms with Crippen molar-refractivity contribution < 1.29 is 9.32 Å². The number of aryl methyl sites for hydroxylation is 1. The SMILES string of the molecule is CC(C)Cc1noc(C(C)NC(=O)c2cnn3ccn(C)c23)n1. The van der Waals surface area contributed by atoms with E-state index in [0.717, 1.165) is 12.1 Å². The Balaban J connectivity index is 1.74. The van der Waals surface area contributed by atoms with Crippen molar-refractivity contribution in [3.63, 3.8) is 0 Å². The first-order valence-corrected chi connectivity index (χ1v) is 7.57. The maximum atomic E-state index is 12.5. The second kappa shape index (κ2) is 5.86. The highest BCUT2D eigenvalue weighted by Crippen LogP contribution is 2.15. The van der Waals surface area contributed by atoms with Gasteiger partial charge in [0.2, 0.25) is 5.89 Å². The highest BCUT2D eigenvalue weighted by Gasteiger charge is 2.21. The highest BCUT2D eigenvalue weighted by atomic mass is 16.5. The van der Waals surface area contributed by atoms with Crippen LogP contribution in [0.3, 0.4) is 0 Å². The molecule has 122 valence electrons. The van der Waals surface area contributed by atoms with Crippen LogP contribution in [-0.2, 0) is 13.5 Å². The van der Waals surface area contributed by atoms with Gasteiger partial charge in [-0.1, -0.05) is 19.0 Å². The van der Waals surface area contributed by atoms with Crippen LogP contribution in [0.15, 0.2) is 23.1 Å². The molecule has 3 rings (SSSR count). The summed E-state index contributed by atoms with van der Waals surface area (Å²) < 4.78 is 8.75. The standard InChI is InChI=1S/C15H20N6O2/c1-9(2)7-12-18-14(23-19-12)10(3)17-13(22)11-8-16-21-6-5-20(4)15(11)21/h5-6,8-10H,7H2,1-4H3,(H,17,22). The molecule has 0 aromatic carbocycles. The molecule has 0 saturated carbocycles. The second-order valence-corrected chi connectivity index (χ2v) is 6.08. The van der Waals surface area contributed by atoms with Crippen LogP contribution >= 0.6 is 0 Å². The Labute approximate surface area is 133 Å². The van der Waals surface area contributed by atoms with Gasteiger partial charge >= 0.3 is 0 Å². The highest BCUT2D eigenvalue weighted by molar-refractivity contribution is 5.99. The largest absolute Gasteiger partial charge is 0.340 e. The van der Waals surface area contributed by atoms with Gasteiger partial charge < -0.3 is 14.4 Å². The average Bonchev–Trinajstić information content (AvgIpc) is 3.16. The molecule has 0 spiro atoms. The number of nitrogens with zero attached hydrogens (tertiary/aromatic N) is 5. The van der Waals surface area contributed by atoms with E-state index in [0.29, 0.717) is 23.2 Å². The predicted octanol–water partition coefficient (Wildman–Crippen LogP) is 1.75. The number of fused-ring (bicyclic) bond motifs is 1. The molecule has 1 atom stereocenters. The Hall–Kier alpha value is -2.64. The first kappa shape index (κ1) is 15.3. The van der Waals surface area contributed by atoms with Gasteiger partial charge in [-0.2, -0.15) is 10.1 Å². The lowest BCUT2D eigenvalue weighted by molar-refractivity contribution is 0.0934. The molecule has 0 radical (unpaired) electrons. The van der Waals surface area contributed by atoms with Crippen LogP contribution in [0.5, 0.6) is 0 Å². The van der Waals surface area contributed by atoms with Gasteiger partial charge in [0.25, 0.3) is 5.91 Å². The molecule has 0 aliphatic rings. The monoisotopic (exact) mass is 316 g/mol. The maximum Gasteiger partial charge on any atom is 0.257 e. The minimum Gasteiger partial charge on any atom is -0.340 e. The molecular formula is C15H20N6O2. The minimum atomic E-state index is -0.369. The summed E-state index contributed by atoms with van der Waals surface area (Å²) in [7, 11) is 1.87. The molecule has 3 aromatic heterocycles. The Morgan fingerprint density at radius 2 is 2.13 bits per heavy atom. The molecule has 0 aliphatic heterocycles. The van der Waals surface area contributed by atoms with Crippen LogP contribution in [0.2, 0.25) is 0 Å². The van der Waals surface area contributed by atoms with Crippen LogP contribution in [-0.4, -0.2) is 30.2 Å². The van der Waals surface area contributed by atoms with E-state index in [1.165, 1.54) is 0 Å². The number of hydrogen-bond donors (Lipinski definition) is 1. The summed E-state index contributed by atoms with van der Waals surface area (Å²) in [5.41, 5.74) is 1.24. The fourth-order valence-corrected chi connectivity index (χ4v) is 2.44. The quantitative estimate of drug-likeness (QED) is 0.774. The zero-order valence-electron chi connectivity index (χ0n) is 13.6. The molecule has 0 fully saturated rings. The molecule has 1 N–H and O–H groups in total. The predicted molar refractivity (Wildman–Crippen MR) is 82.9 cm³/mol. The van der Waals surface area contributed by atoms with Crippen molar-refractivity contribution in [3.05, 3.63) is 35.9 Å². The van der Waals surface area contributed by atoms with Gasteiger partial charge in [-0.3, -0.25) is 4.79 Å². The minimum absolute atomic E-state index is 0.224. The molecule has 0 saturated heterocycles. The summed E-state index contributed by atoms with van der Waals surface area (Å²) in [5.74, 6) is 1.29. The number of amides is 1. The normalized spacial score (nSPS) is 12.9. The lowest BCUT2D eigenvalue weighted by atomic mass is 10.1. The molecule has 1 amide bonds. The van der Waals surface area contributed by atoms with Gasteiger partial charge in [0.1, 0.15) is 17.3 Å². The van der Waals surface area contributed by atoms with Gasteiger partial charge in [0.15, 0.2) is 5.82 Å². The van der Waals surface area contributed by atoms with Crippen LogP contribution in [0.25, 0.3) is 5.65 Å². The third-order valence-corrected chi connectivity index (χ3v) is 3.57. The molecule has 8 nitrogen and oxygen atoms in total. The van der Waals surface area contributed by atoms with Crippen molar-refractivity contribution >= 4 is 11.6 Å². The van der Waals surface area contributed by atoms with Crippen LogP contribution in [0.1, 0.15) is 48.9 Å². The van der Waals surface area contributed by atoms with Crippen molar-refractivity contribution in [3.8, 4) is 0 Å². The summed E-state index contributed by atoms with van der Waals surface area (Å²) in [5, 5.41) is 11.0. The van der Waals surface area contributed by atoms with E-state index in [2.05, 4.69) is 34.4 Å². The molecule has 3 aromatic rings. The number of nitrogens with one attached hydrogen (secondary N) is 1. The van der Waals surface area contributed by atoms with E-state index >= 15 is 0 Å². The Morgan fingerprint density at radius 1 is 1.35 bits per heavy atom. The van der Waals surface area contributed by atoms with E-state index in [4.69, 9.17) is 4.52 Å². The van der Waals surface area contributed by atoms with Crippen molar-refractivity contribution in [1.29, 1.82) is 0 Å². The zero-order valence-corrected chi connectivity index (χ0v) is 13.6. The van der Waals surface area contributed by atoms with Crippen molar-refractivity contribution in [2.24, 2.45) is 13.0 Å². The third kappa shape index (κ3) is 2.96. The lowest BCUT2D eigenvalue weighted by Gasteiger charge is -2.08. The molecule has 3 heterocycles. The van der Waals surface area contributed by atoms with Crippen LogP contribution in [0.4, 0.5) is 0 Å². The first-order valence-electron chi connectivity index (χ1n) is 7.57. The fraction of sp³-hybridized carbons (Fsp3) is 0.467. The van der Waals surface area contributed by atoms with Crippen molar-refractivity contribution in [1.82, 2.24) is 29.6 Å². The number of rotatable bonds is 5. The topological polar surface area (TPSA) is 90.3 Å². The maximum absolute atomic E-state index is 12.5. The zero-order chi connectivity index (χ0) is 16.6. The summed E-state index contributed by atoms with van der Waals surface area (Å²) >= 11 is 0. The Kier molecular flexibility index (Phi) is 3.89. The first-order chi connectivity index (χ1) is 11.0. The summed E-state index contributed by atoms with van der Waals surface area (Å²) in [6.07, 6.45) is 5.94. The van der Waals surface area contributed by atoms with Crippen LogP contribution < -0.4 is 5.32 Å². The molecule has 1 unspecified atom stereocenters. The smallest absolute Gasteiger partial charge is 0.257 e. The van der Waals surface area contributed by atoms with E-state index < -0.39 is 0 Å². The molecule has 8 heteroatoms. The number of aromatic nitrogens is 5. The van der Waals surface area contributed by atoms with E-state index in [1.807, 2.05) is 24.7 Å². The van der Waals surface area contributed by atoms with Gasteiger partial charge in [-0.05, 0) is 12.8 Å². The summed E-state index contributed by atoms with van der Waals surface area (Å²) in [6, 6.07) is -0.369. The number of imidazole rings is 1. The Morgan fingerprint density at radius 3 is 2.87 bits per heavy atom. The van der Waals surface area contributed by atoms with Gasteiger partial charge in [-0.15, -0.1) is 0 Å².